The van der Waals surface area contributed by atoms with Crippen LogP contribution in [0.4, 0.5) is 9.59 Å². The summed E-state index contributed by atoms with van der Waals surface area (Å²) in [7, 11) is 0. The average molecular weight is 404 g/mol. The maximum absolute atomic E-state index is 12.8. The van der Waals surface area contributed by atoms with Crippen LogP contribution in [-0.2, 0) is 20.8 Å². The van der Waals surface area contributed by atoms with Crippen molar-refractivity contribution in [1.82, 2.24) is 9.47 Å². The molecule has 2 aromatic rings. The highest BCUT2D eigenvalue weighted by Crippen LogP contribution is 2.23. The Morgan fingerprint density at radius 1 is 1.00 bits per heavy atom. The molecule has 0 unspecified atom stereocenters. The first-order chi connectivity index (χ1) is 13.3. The molecule has 2 rings (SSSR count). The van der Waals surface area contributed by atoms with Crippen molar-refractivity contribution >= 4 is 29.1 Å². The number of carboxylic acid groups (broad SMARTS) is 1. The number of benzene rings is 1. The van der Waals surface area contributed by atoms with E-state index in [9.17, 15) is 19.5 Å². The number of nitrogens with zero attached hydrogens (tertiary/aromatic N) is 2. The Labute approximate surface area is 170 Å². The largest absolute Gasteiger partial charge is 0.480 e. The summed E-state index contributed by atoms with van der Waals surface area (Å²) < 4.78 is 12.2. The van der Waals surface area contributed by atoms with Gasteiger partial charge >= 0.3 is 18.2 Å². The Hall–Kier alpha value is -3.03. The van der Waals surface area contributed by atoms with Crippen LogP contribution in [0.3, 0.4) is 0 Å². The van der Waals surface area contributed by atoms with Crippen LogP contribution in [0.25, 0.3) is 10.9 Å². The lowest BCUT2D eigenvalue weighted by Crippen LogP contribution is -2.40. The van der Waals surface area contributed by atoms with Gasteiger partial charge in [0.15, 0.2) is 0 Å². The number of ether oxygens (including phenoxy) is 2. The van der Waals surface area contributed by atoms with Gasteiger partial charge in [-0.05, 0) is 53.7 Å². The molecule has 1 heterocycles. The first-order valence-electron chi connectivity index (χ1n) is 9.29. The molecule has 0 aliphatic heterocycles. The fraction of sp³-hybridized carbons (Fsp3) is 0.476. The number of rotatable bonds is 4. The van der Waals surface area contributed by atoms with E-state index in [4.69, 9.17) is 9.47 Å². The number of amides is 1. The van der Waals surface area contributed by atoms with Gasteiger partial charge in [-0.3, -0.25) is 9.69 Å². The Kier molecular flexibility index (Phi) is 6.25. The van der Waals surface area contributed by atoms with Gasteiger partial charge in [0, 0.05) is 11.1 Å². The van der Waals surface area contributed by atoms with Gasteiger partial charge in [0.2, 0.25) is 0 Å². The van der Waals surface area contributed by atoms with Gasteiger partial charge in [-0.25, -0.2) is 14.2 Å². The Morgan fingerprint density at radius 2 is 1.59 bits per heavy atom. The third kappa shape index (κ3) is 6.23. The van der Waals surface area contributed by atoms with Crippen molar-refractivity contribution < 1.29 is 29.0 Å². The minimum absolute atomic E-state index is 0.130. The minimum atomic E-state index is -1.18. The number of hydrogen-bond donors (Lipinski definition) is 1. The number of carbonyl (C=O) groups is 3. The maximum Gasteiger partial charge on any atom is 0.419 e. The van der Waals surface area contributed by atoms with Crippen LogP contribution >= 0.6 is 0 Å². The zero-order valence-electron chi connectivity index (χ0n) is 17.7. The van der Waals surface area contributed by atoms with Crippen LogP contribution in [0.2, 0.25) is 0 Å². The molecule has 0 bridgehead atoms. The first kappa shape index (κ1) is 22.3. The Bertz CT molecular complexity index is 917. The Balaban J connectivity index is 2.46. The van der Waals surface area contributed by atoms with Crippen molar-refractivity contribution in [2.45, 2.75) is 59.3 Å². The highest BCUT2D eigenvalue weighted by atomic mass is 16.6. The zero-order chi connectivity index (χ0) is 22.0. The zero-order valence-corrected chi connectivity index (χ0v) is 17.7. The predicted octanol–water partition coefficient (Wildman–Crippen LogP) is 4.25. The monoisotopic (exact) mass is 404 g/mol. The number of carbonyl (C=O) groups excluding carboxylic acids is 2. The first-order valence-corrected chi connectivity index (χ1v) is 9.29. The van der Waals surface area contributed by atoms with Gasteiger partial charge in [0.05, 0.1) is 12.1 Å². The third-order valence-electron chi connectivity index (χ3n) is 3.69. The minimum Gasteiger partial charge on any atom is -0.480 e. The summed E-state index contributed by atoms with van der Waals surface area (Å²) in [6.45, 7) is 9.67. The summed E-state index contributed by atoms with van der Waals surface area (Å²) in [5.41, 5.74) is -0.471. The lowest BCUT2D eigenvalue weighted by atomic mass is 10.2. The number of fused-ring (bicyclic) bond motifs is 1. The van der Waals surface area contributed by atoms with Crippen LogP contribution in [0, 0.1) is 0 Å². The normalized spacial score (nSPS) is 11.9. The summed E-state index contributed by atoms with van der Waals surface area (Å²) in [5, 5.41) is 10.0. The number of aliphatic carboxylic acids is 1. The molecule has 8 heteroatoms. The molecular weight excluding hydrogens is 376 g/mol. The van der Waals surface area contributed by atoms with E-state index in [1.54, 1.807) is 59.7 Å². The van der Waals surface area contributed by atoms with Gasteiger partial charge in [0.25, 0.3) is 0 Å². The molecule has 0 aliphatic carbocycles. The molecule has 1 aromatic carbocycles. The van der Waals surface area contributed by atoms with Crippen LogP contribution in [-0.4, -0.2) is 50.5 Å². The molecule has 0 aliphatic rings. The van der Waals surface area contributed by atoms with E-state index in [0.29, 0.717) is 11.2 Å². The molecule has 158 valence electrons. The second kappa shape index (κ2) is 8.14. The van der Waals surface area contributed by atoms with E-state index < -0.39 is 35.9 Å². The number of carboxylic acids is 1. The van der Waals surface area contributed by atoms with Crippen molar-refractivity contribution in [2.75, 3.05) is 6.54 Å². The highest BCUT2D eigenvalue weighted by molar-refractivity contribution is 5.91. The second-order valence-electron chi connectivity index (χ2n) is 8.74. The SMILES string of the molecule is CC(C)(C)OC(=O)N(CC(=O)O)Cc1cc2ccccc2n1C(=O)OC(C)(C)C. The van der Waals surface area contributed by atoms with Crippen molar-refractivity contribution in [2.24, 2.45) is 0 Å². The lowest BCUT2D eigenvalue weighted by molar-refractivity contribution is -0.138. The van der Waals surface area contributed by atoms with Crippen molar-refractivity contribution in [3.8, 4) is 0 Å². The van der Waals surface area contributed by atoms with Crippen molar-refractivity contribution in [1.29, 1.82) is 0 Å². The van der Waals surface area contributed by atoms with E-state index in [1.165, 1.54) is 4.57 Å². The molecule has 1 amide bonds. The van der Waals surface area contributed by atoms with Gasteiger partial charge in [-0.15, -0.1) is 0 Å². The summed E-state index contributed by atoms with van der Waals surface area (Å²) in [4.78, 5) is 37.7. The van der Waals surface area contributed by atoms with E-state index in [2.05, 4.69) is 0 Å². The third-order valence-corrected chi connectivity index (χ3v) is 3.69. The molecule has 1 N–H and O–H groups in total. The molecule has 0 saturated carbocycles. The smallest absolute Gasteiger partial charge is 0.419 e. The summed E-state index contributed by atoms with van der Waals surface area (Å²) in [5.74, 6) is -1.18. The van der Waals surface area contributed by atoms with E-state index in [1.807, 2.05) is 12.1 Å². The molecule has 0 fully saturated rings. The van der Waals surface area contributed by atoms with Gasteiger partial charge < -0.3 is 14.6 Å². The lowest BCUT2D eigenvalue weighted by Gasteiger charge is -2.27. The molecule has 29 heavy (non-hydrogen) atoms. The molecule has 0 saturated heterocycles. The quantitative estimate of drug-likeness (QED) is 0.818. The van der Waals surface area contributed by atoms with Gasteiger partial charge in [-0.1, -0.05) is 18.2 Å². The van der Waals surface area contributed by atoms with Crippen LogP contribution in [0.1, 0.15) is 47.2 Å². The summed E-state index contributed by atoms with van der Waals surface area (Å²) in [6.07, 6.45) is -1.38. The van der Waals surface area contributed by atoms with E-state index in [-0.39, 0.29) is 6.54 Å². The fourth-order valence-corrected chi connectivity index (χ4v) is 2.72. The highest BCUT2D eigenvalue weighted by Gasteiger charge is 2.28. The van der Waals surface area contributed by atoms with Crippen LogP contribution < -0.4 is 0 Å². The summed E-state index contributed by atoms with van der Waals surface area (Å²) in [6, 6.07) is 8.94. The molecule has 1 aromatic heterocycles. The van der Waals surface area contributed by atoms with E-state index in [0.717, 1.165) is 10.3 Å². The molecular formula is C21H28N2O6. The average Bonchev–Trinajstić information content (AvgIpc) is 2.88. The molecule has 8 nitrogen and oxygen atoms in total. The molecule has 0 atom stereocenters. The number of aromatic nitrogens is 1. The topological polar surface area (TPSA) is 98.1 Å². The van der Waals surface area contributed by atoms with Crippen LogP contribution in [0.15, 0.2) is 30.3 Å². The Morgan fingerprint density at radius 3 is 2.14 bits per heavy atom. The van der Waals surface area contributed by atoms with Crippen molar-refractivity contribution in [3.05, 3.63) is 36.0 Å². The molecule has 0 radical (unpaired) electrons. The second-order valence-corrected chi connectivity index (χ2v) is 8.74. The number of para-hydroxylation sites is 1. The predicted molar refractivity (Wildman–Crippen MR) is 108 cm³/mol. The van der Waals surface area contributed by atoms with Crippen LogP contribution in [0.5, 0.6) is 0 Å². The summed E-state index contributed by atoms with van der Waals surface area (Å²) >= 11 is 0. The maximum atomic E-state index is 12.8. The van der Waals surface area contributed by atoms with E-state index >= 15 is 0 Å². The van der Waals surface area contributed by atoms with Crippen molar-refractivity contribution in [3.63, 3.8) is 0 Å². The van der Waals surface area contributed by atoms with Gasteiger partial charge in [0.1, 0.15) is 17.7 Å². The number of hydrogen-bond acceptors (Lipinski definition) is 5. The van der Waals surface area contributed by atoms with Gasteiger partial charge in [-0.2, -0.15) is 0 Å². The fourth-order valence-electron chi connectivity index (χ4n) is 2.72. The molecule has 0 spiro atoms. The standard InChI is InChI=1S/C21H28N2O6/c1-20(2,3)28-18(26)22(13-17(24)25)12-15-11-14-9-7-8-10-16(14)23(15)19(27)29-21(4,5)6/h7-11H,12-13H2,1-6H3,(H,24,25).